The van der Waals surface area contributed by atoms with E-state index in [0.29, 0.717) is 25.3 Å². The van der Waals surface area contributed by atoms with E-state index < -0.39 is 35.0 Å². The van der Waals surface area contributed by atoms with Crippen molar-refractivity contribution in [1.29, 1.82) is 0 Å². The molecule has 0 unspecified atom stereocenters. The van der Waals surface area contributed by atoms with Gasteiger partial charge in [0, 0.05) is 13.2 Å². The van der Waals surface area contributed by atoms with Gasteiger partial charge in [-0.15, -0.1) is 0 Å². The van der Waals surface area contributed by atoms with E-state index in [1.807, 2.05) is 5.32 Å². The predicted molar refractivity (Wildman–Crippen MR) is 68.9 cm³/mol. The quantitative estimate of drug-likeness (QED) is 0.421. The van der Waals surface area contributed by atoms with Crippen molar-refractivity contribution in [2.24, 2.45) is 0 Å². The lowest BCUT2D eigenvalue weighted by Crippen LogP contribution is -2.36. The van der Waals surface area contributed by atoms with Crippen molar-refractivity contribution in [2.75, 3.05) is 18.5 Å². The van der Waals surface area contributed by atoms with Crippen molar-refractivity contribution in [3.05, 3.63) is 29.6 Å². The molecule has 1 rings (SSSR count). The van der Waals surface area contributed by atoms with Crippen LogP contribution in [0.1, 0.15) is 19.3 Å². The lowest BCUT2D eigenvalue weighted by atomic mass is 10.2. The van der Waals surface area contributed by atoms with Crippen LogP contribution in [-0.2, 0) is 9.59 Å². The number of halogens is 3. The molecule has 0 bridgehead atoms. The Balaban J connectivity index is 2.49. The van der Waals surface area contributed by atoms with E-state index >= 15 is 0 Å². The Hall–Kier alpha value is -2.09. The van der Waals surface area contributed by atoms with E-state index in [9.17, 15) is 22.8 Å². The molecule has 2 amide bonds. The lowest BCUT2D eigenvalue weighted by Gasteiger charge is -2.08. The fourth-order valence-corrected chi connectivity index (χ4v) is 1.50. The number of hydrogen-bond donors (Lipinski definition) is 3. The predicted octanol–water partition coefficient (Wildman–Crippen LogP) is 1.32. The van der Waals surface area contributed by atoms with Gasteiger partial charge in [-0.25, -0.2) is 13.2 Å². The summed E-state index contributed by atoms with van der Waals surface area (Å²) in [4.78, 5) is 22.8. The number of unbranched alkanes of at least 4 members (excludes halogenated alkanes) is 2. The molecule has 1 aromatic rings. The van der Waals surface area contributed by atoms with Crippen molar-refractivity contribution in [2.45, 2.75) is 19.3 Å². The number of hydrogen-bond acceptors (Lipinski definition) is 3. The Bertz CT molecular complexity index is 524. The van der Waals surface area contributed by atoms with Crippen molar-refractivity contribution in [3.63, 3.8) is 0 Å². The van der Waals surface area contributed by atoms with E-state index in [4.69, 9.17) is 5.11 Å². The first-order valence-electron chi connectivity index (χ1n) is 6.31. The topological polar surface area (TPSA) is 78.4 Å². The number of anilines is 1. The van der Waals surface area contributed by atoms with Gasteiger partial charge in [-0.2, -0.15) is 0 Å². The van der Waals surface area contributed by atoms with Gasteiger partial charge in [0.2, 0.25) is 0 Å². The average molecular weight is 304 g/mol. The molecule has 21 heavy (non-hydrogen) atoms. The molecule has 0 aliphatic heterocycles. The monoisotopic (exact) mass is 304 g/mol. The highest BCUT2D eigenvalue weighted by Crippen LogP contribution is 2.19. The van der Waals surface area contributed by atoms with Gasteiger partial charge in [-0.3, -0.25) is 9.59 Å². The number of benzene rings is 1. The number of aliphatic hydroxyl groups excluding tert-OH is 1. The minimum Gasteiger partial charge on any atom is -0.396 e. The molecule has 5 nitrogen and oxygen atoms in total. The molecule has 8 heteroatoms. The van der Waals surface area contributed by atoms with Gasteiger partial charge in [-0.1, -0.05) is 0 Å². The minimum absolute atomic E-state index is 0.0455. The van der Waals surface area contributed by atoms with Crippen LogP contribution in [0.5, 0.6) is 0 Å². The summed E-state index contributed by atoms with van der Waals surface area (Å²) in [5.74, 6) is -6.87. The largest absolute Gasteiger partial charge is 0.396 e. The van der Waals surface area contributed by atoms with Crippen LogP contribution in [-0.4, -0.2) is 30.1 Å². The first-order chi connectivity index (χ1) is 9.97. The van der Waals surface area contributed by atoms with Crippen LogP contribution in [0.15, 0.2) is 12.1 Å². The maximum atomic E-state index is 13.3. The second kappa shape index (κ2) is 8.25. The molecule has 1 aromatic carbocycles. The third-order valence-corrected chi connectivity index (χ3v) is 2.61. The fraction of sp³-hybridized carbons (Fsp3) is 0.385. The first kappa shape index (κ1) is 17.0. The molecular weight excluding hydrogens is 289 g/mol. The second-order valence-corrected chi connectivity index (χ2v) is 4.22. The molecule has 0 saturated heterocycles. The number of nitrogens with one attached hydrogen (secondary N) is 2. The van der Waals surface area contributed by atoms with Crippen LogP contribution in [0.3, 0.4) is 0 Å². The number of rotatable bonds is 6. The van der Waals surface area contributed by atoms with Crippen molar-refractivity contribution in [3.8, 4) is 0 Å². The van der Waals surface area contributed by atoms with Crippen LogP contribution in [0.4, 0.5) is 18.9 Å². The van der Waals surface area contributed by atoms with Crippen molar-refractivity contribution < 1.29 is 27.9 Å². The third kappa shape index (κ3) is 5.07. The molecule has 0 fully saturated rings. The van der Waals surface area contributed by atoms with Crippen molar-refractivity contribution in [1.82, 2.24) is 5.32 Å². The summed E-state index contributed by atoms with van der Waals surface area (Å²) in [7, 11) is 0. The normalized spacial score (nSPS) is 10.3. The molecule has 0 aromatic heterocycles. The molecule has 0 radical (unpaired) electrons. The van der Waals surface area contributed by atoms with E-state index in [1.165, 1.54) is 0 Å². The van der Waals surface area contributed by atoms with Crippen LogP contribution >= 0.6 is 0 Å². The summed E-state index contributed by atoms with van der Waals surface area (Å²) in [6, 6.07) is 1.46. The Morgan fingerprint density at radius 3 is 2.38 bits per heavy atom. The van der Waals surface area contributed by atoms with E-state index in [0.717, 1.165) is 6.07 Å². The molecule has 0 spiro atoms. The molecule has 116 valence electrons. The zero-order chi connectivity index (χ0) is 15.8. The van der Waals surface area contributed by atoms with Gasteiger partial charge in [0.05, 0.1) is 5.69 Å². The van der Waals surface area contributed by atoms with Gasteiger partial charge in [0.1, 0.15) is 0 Å². The Kier molecular flexibility index (Phi) is 6.67. The van der Waals surface area contributed by atoms with Crippen molar-refractivity contribution >= 4 is 17.5 Å². The van der Waals surface area contributed by atoms with Crippen LogP contribution in [0.2, 0.25) is 0 Å². The number of aliphatic hydroxyl groups is 1. The maximum Gasteiger partial charge on any atom is 0.313 e. The smallest absolute Gasteiger partial charge is 0.313 e. The zero-order valence-corrected chi connectivity index (χ0v) is 11.1. The Morgan fingerprint density at radius 1 is 1.00 bits per heavy atom. The summed E-state index contributed by atoms with van der Waals surface area (Å²) >= 11 is 0. The minimum atomic E-state index is -1.72. The highest BCUT2D eigenvalue weighted by molar-refractivity contribution is 6.39. The third-order valence-electron chi connectivity index (χ3n) is 2.61. The molecule has 3 N–H and O–H groups in total. The molecule has 0 aliphatic rings. The molecule has 0 aliphatic carbocycles. The van der Waals surface area contributed by atoms with Crippen LogP contribution < -0.4 is 10.6 Å². The number of carbonyl (C=O) groups excluding carboxylic acids is 2. The maximum absolute atomic E-state index is 13.3. The van der Waals surface area contributed by atoms with Gasteiger partial charge in [-0.05, 0) is 31.4 Å². The van der Waals surface area contributed by atoms with E-state index in [1.54, 1.807) is 0 Å². The first-order valence-corrected chi connectivity index (χ1v) is 6.31. The summed E-state index contributed by atoms with van der Waals surface area (Å²) in [5, 5.41) is 12.7. The zero-order valence-electron chi connectivity index (χ0n) is 11.1. The highest BCUT2D eigenvalue weighted by Gasteiger charge is 2.18. The van der Waals surface area contributed by atoms with Gasteiger partial charge < -0.3 is 15.7 Å². The molecule has 0 saturated carbocycles. The van der Waals surface area contributed by atoms with Crippen LogP contribution in [0, 0.1) is 17.5 Å². The Morgan fingerprint density at radius 2 is 1.71 bits per heavy atom. The SMILES string of the molecule is O=C(NCCCCCO)C(=O)Nc1ccc(F)c(F)c1F. The van der Waals surface area contributed by atoms with E-state index in [-0.39, 0.29) is 13.2 Å². The standard InChI is InChI=1S/C13H15F3N2O3/c14-8-4-5-9(11(16)10(8)15)18-13(21)12(20)17-6-2-1-3-7-19/h4-5,19H,1-3,6-7H2,(H,17,20)(H,18,21). The summed E-state index contributed by atoms with van der Waals surface area (Å²) < 4.78 is 38.9. The van der Waals surface area contributed by atoms with Gasteiger partial charge >= 0.3 is 11.8 Å². The Labute approximate surface area is 119 Å². The van der Waals surface area contributed by atoms with Gasteiger partial charge in [0.25, 0.3) is 0 Å². The number of carbonyl (C=O) groups is 2. The molecule has 0 atom stereocenters. The summed E-state index contributed by atoms with van der Waals surface area (Å²) in [6.07, 6.45) is 1.83. The fourth-order valence-electron chi connectivity index (χ4n) is 1.50. The average Bonchev–Trinajstić information content (AvgIpc) is 2.47. The molecular formula is C13H15F3N2O3. The van der Waals surface area contributed by atoms with Gasteiger partial charge in [0.15, 0.2) is 17.5 Å². The molecule has 0 heterocycles. The highest BCUT2D eigenvalue weighted by atomic mass is 19.2. The number of amides is 2. The lowest BCUT2D eigenvalue weighted by molar-refractivity contribution is -0.136. The second-order valence-electron chi connectivity index (χ2n) is 4.22. The summed E-state index contributed by atoms with van der Waals surface area (Å²) in [5.41, 5.74) is -0.616. The summed E-state index contributed by atoms with van der Waals surface area (Å²) in [6.45, 7) is 0.260. The van der Waals surface area contributed by atoms with E-state index in [2.05, 4.69) is 5.32 Å². The van der Waals surface area contributed by atoms with Crippen LogP contribution in [0.25, 0.3) is 0 Å².